The Morgan fingerprint density at radius 2 is 1.80 bits per heavy atom. The van der Waals surface area contributed by atoms with Crippen molar-refractivity contribution >= 4 is 23.7 Å². The molecule has 0 aliphatic carbocycles. The molecule has 2 aliphatic heterocycles. The summed E-state index contributed by atoms with van der Waals surface area (Å²) in [5, 5.41) is 3.51. The average Bonchev–Trinajstić information content (AvgIpc) is 3.28. The van der Waals surface area contributed by atoms with E-state index in [2.05, 4.69) is 5.32 Å². The third kappa shape index (κ3) is 8.03. The smallest absolute Gasteiger partial charge is 0.414 e. The van der Waals surface area contributed by atoms with Gasteiger partial charge in [-0.05, 0) is 88.7 Å². The van der Waals surface area contributed by atoms with Crippen LogP contribution in [0.25, 0.3) is 11.1 Å². The molecule has 0 unspecified atom stereocenters. The van der Waals surface area contributed by atoms with Gasteiger partial charge in [0, 0.05) is 31.6 Å². The van der Waals surface area contributed by atoms with E-state index in [0.29, 0.717) is 56.2 Å². The topological polar surface area (TPSA) is 88.2 Å². The molecule has 2 aliphatic rings. The SMILES string of the molecule is CC(=O)CC[C@H]1CN(c2ccc(-c3ccc(CNCC4CCN(C(=O)OC(C)(C)C)CC4)cc3)c(F)c2)C(=O)O1. The molecule has 4 rings (SSSR count). The first-order valence-electron chi connectivity index (χ1n) is 14.0. The fraction of sp³-hybridized carbons (Fsp3) is 0.516. The molecule has 2 saturated heterocycles. The molecule has 0 bridgehead atoms. The van der Waals surface area contributed by atoms with Crippen LogP contribution in [0.2, 0.25) is 0 Å². The molecule has 8 nitrogen and oxygen atoms in total. The Morgan fingerprint density at radius 3 is 2.42 bits per heavy atom. The number of carbonyl (C=O) groups excluding carboxylic acids is 3. The summed E-state index contributed by atoms with van der Waals surface area (Å²) in [6.07, 6.45) is 1.56. The van der Waals surface area contributed by atoms with Crippen molar-refractivity contribution in [1.29, 1.82) is 0 Å². The maximum Gasteiger partial charge on any atom is 0.414 e. The second kappa shape index (κ2) is 12.8. The van der Waals surface area contributed by atoms with Gasteiger partial charge in [-0.15, -0.1) is 0 Å². The van der Waals surface area contributed by atoms with Gasteiger partial charge in [0.05, 0.1) is 12.2 Å². The van der Waals surface area contributed by atoms with E-state index in [0.717, 1.165) is 30.5 Å². The minimum atomic E-state index is -0.522. The maximum absolute atomic E-state index is 15.1. The van der Waals surface area contributed by atoms with Crippen LogP contribution in [-0.4, -0.2) is 60.8 Å². The number of cyclic esters (lactones) is 1. The lowest BCUT2D eigenvalue weighted by Gasteiger charge is -2.33. The lowest BCUT2D eigenvalue weighted by atomic mass is 9.97. The highest BCUT2D eigenvalue weighted by molar-refractivity contribution is 5.90. The van der Waals surface area contributed by atoms with Crippen molar-refractivity contribution in [3.05, 3.63) is 53.8 Å². The molecule has 1 N–H and O–H groups in total. The van der Waals surface area contributed by atoms with E-state index >= 15 is 4.39 Å². The quantitative estimate of drug-likeness (QED) is 0.415. The first kappa shape index (κ1) is 29.5. The number of anilines is 1. The number of hydrogen-bond donors (Lipinski definition) is 1. The number of piperidine rings is 1. The lowest BCUT2D eigenvalue weighted by molar-refractivity contribution is -0.117. The van der Waals surface area contributed by atoms with Gasteiger partial charge in [0.15, 0.2) is 0 Å². The summed E-state index contributed by atoms with van der Waals surface area (Å²) in [6, 6.07) is 12.5. The van der Waals surface area contributed by atoms with E-state index in [-0.39, 0.29) is 18.0 Å². The molecule has 216 valence electrons. The van der Waals surface area contributed by atoms with Crippen LogP contribution in [0, 0.1) is 11.7 Å². The van der Waals surface area contributed by atoms with Crippen molar-refractivity contribution in [2.75, 3.05) is 31.1 Å². The molecule has 0 radical (unpaired) electrons. The third-order valence-electron chi connectivity index (χ3n) is 7.25. The number of ether oxygens (including phenoxy) is 2. The van der Waals surface area contributed by atoms with Gasteiger partial charge in [-0.1, -0.05) is 24.3 Å². The monoisotopic (exact) mass is 553 g/mol. The second-order valence-electron chi connectivity index (χ2n) is 11.8. The molecule has 9 heteroatoms. The van der Waals surface area contributed by atoms with Crippen LogP contribution in [0.1, 0.15) is 58.9 Å². The van der Waals surface area contributed by atoms with E-state index in [9.17, 15) is 14.4 Å². The predicted octanol–water partition coefficient (Wildman–Crippen LogP) is 5.92. The van der Waals surface area contributed by atoms with Gasteiger partial charge in [-0.2, -0.15) is 0 Å². The van der Waals surface area contributed by atoms with Gasteiger partial charge in [0.1, 0.15) is 23.3 Å². The van der Waals surface area contributed by atoms with Crippen LogP contribution in [0.15, 0.2) is 42.5 Å². The molecule has 2 aromatic carbocycles. The van der Waals surface area contributed by atoms with Gasteiger partial charge in [0.25, 0.3) is 0 Å². The number of carbonyl (C=O) groups is 3. The number of nitrogens with zero attached hydrogens (tertiary/aromatic N) is 2. The Balaban J connectivity index is 1.24. The van der Waals surface area contributed by atoms with E-state index in [1.165, 1.54) is 17.9 Å². The number of nitrogens with one attached hydrogen (secondary N) is 1. The highest BCUT2D eigenvalue weighted by Crippen LogP contribution is 2.30. The molecular formula is C31H40FN3O5. The Labute approximate surface area is 235 Å². The second-order valence-corrected chi connectivity index (χ2v) is 11.8. The number of ketones is 1. The fourth-order valence-electron chi connectivity index (χ4n) is 5.02. The standard InChI is InChI=1S/C31H40FN3O5/c1-21(36)5-11-26-20-35(30(38)39-26)25-10-12-27(28(32)17-25)24-8-6-22(7-9-24)18-33-19-23-13-15-34(16-14-23)29(37)40-31(2,3)4/h6-10,12,17,23,26,33H,5,11,13-16,18-20H2,1-4H3/t26-/m0/s1. The fourth-order valence-corrected chi connectivity index (χ4v) is 5.02. The van der Waals surface area contributed by atoms with Crippen LogP contribution in [0.5, 0.6) is 0 Å². The highest BCUT2D eigenvalue weighted by atomic mass is 19.1. The number of benzene rings is 2. The zero-order valence-corrected chi connectivity index (χ0v) is 23.9. The Morgan fingerprint density at radius 1 is 1.10 bits per heavy atom. The van der Waals surface area contributed by atoms with Crippen molar-refractivity contribution in [2.45, 2.75) is 71.6 Å². The molecule has 2 heterocycles. The van der Waals surface area contributed by atoms with Crippen molar-refractivity contribution in [3.8, 4) is 11.1 Å². The van der Waals surface area contributed by atoms with Gasteiger partial charge in [-0.3, -0.25) is 4.90 Å². The Kier molecular flexibility index (Phi) is 9.45. The predicted molar refractivity (Wildman–Crippen MR) is 152 cm³/mol. The highest BCUT2D eigenvalue weighted by Gasteiger charge is 2.32. The molecule has 40 heavy (non-hydrogen) atoms. The summed E-state index contributed by atoms with van der Waals surface area (Å²) < 4.78 is 25.9. The molecule has 0 saturated carbocycles. The summed E-state index contributed by atoms with van der Waals surface area (Å²) in [4.78, 5) is 39.0. The number of rotatable bonds is 9. The van der Waals surface area contributed by atoms with Crippen LogP contribution in [0.4, 0.5) is 19.7 Å². The summed E-state index contributed by atoms with van der Waals surface area (Å²) in [7, 11) is 0. The Bertz CT molecular complexity index is 1200. The number of hydrogen-bond acceptors (Lipinski definition) is 6. The molecule has 2 aromatic rings. The van der Waals surface area contributed by atoms with Crippen molar-refractivity contribution in [2.24, 2.45) is 5.92 Å². The summed E-state index contributed by atoms with van der Waals surface area (Å²) in [5.41, 5.74) is 2.27. The van der Waals surface area contributed by atoms with Crippen LogP contribution >= 0.6 is 0 Å². The van der Waals surface area contributed by atoms with Crippen molar-refractivity contribution in [3.63, 3.8) is 0 Å². The first-order chi connectivity index (χ1) is 19.0. The molecule has 0 spiro atoms. The number of halogens is 1. The van der Waals surface area contributed by atoms with Gasteiger partial charge in [0.2, 0.25) is 0 Å². The Hall–Kier alpha value is -3.46. The summed E-state index contributed by atoms with van der Waals surface area (Å²) in [6.45, 7) is 10.4. The lowest BCUT2D eigenvalue weighted by Crippen LogP contribution is -2.43. The van der Waals surface area contributed by atoms with Gasteiger partial charge >= 0.3 is 12.2 Å². The van der Waals surface area contributed by atoms with E-state index in [1.54, 1.807) is 17.0 Å². The maximum atomic E-state index is 15.1. The van der Waals surface area contributed by atoms with Crippen LogP contribution in [0.3, 0.4) is 0 Å². The zero-order chi connectivity index (χ0) is 28.9. The summed E-state index contributed by atoms with van der Waals surface area (Å²) >= 11 is 0. The normalized spacial score (nSPS) is 18.1. The minimum absolute atomic E-state index is 0.0455. The van der Waals surface area contributed by atoms with E-state index in [4.69, 9.17) is 9.47 Å². The van der Waals surface area contributed by atoms with E-state index in [1.807, 2.05) is 45.0 Å². The molecule has 0 aromatic heterocycles. The minimum Gasteiger partial charge on any atom is -0.444 e. The molecule has 2 amide bonds. The average molecular weight is 554 g/mol. The first-order valence-corrected chi connectivity index (χ1v) is 14.0. The van der Waals surface area contributed by atoms with Crippen molar-refractivity contribution in [1.82, 2.24) is 10.2 Å². The van der Waals surface area contributed by atoms with Crippen LogP contribution in [-0.2, 0) is 20.8 Å². The van der Waals surface area contributed by atoms with Gasteiger partial charge in [-0.25, -0.2) is 14.0 Å². The van der Waals surface area contributed by atoms with Crippen LogP contribution < -0.4 is 10.2 Å². The zero-order valence-electron chi connectivity index (χ0n) is 23.9. The van der Waals surface area contributed by atoms with E-state index < -0.39 is 17.5 Å². The molecular weight excluding hydrogens is 513 g/mol. The van der Waals surface area contributed by atoms with Gasteiger partial charge < -0.3 is 24.5 Å². The molecule has 2 fully saturated rings. The number of likely N-dealkylation sites (tertiary alicyclic amines) is 1. The third-order valence-corrected chi connectivity index (χ3v) is 7.25. The van der Waals surface area contributed by atoms with Crippen molar-refractivity contribution < 1.29 is 28.2 Å². The largest absolute Gasteiger partial charge is 0.444 e. The number of Topliss-reactive ketones (excluding diaryl/α,β-unsaturated/α-hetero) is 1. The number of amides is 2. The summed E-state index contributed by atoms with van der Waals surface area (Å²) in [5.74, 6) is 0.132. The molecule has 1 atom stereocenters.